The third-order valence-corrected chi connectivity index (χ3v) is 3.81. The monoisotopic (exact) mass is 263 g/mol. The van der Waals surface area contributed by atoms with Crippen LogP contribution >= 0.6 is 0 Å². The van der Waals surface area contributed by atoms with E-state index in [1.165, 1.54) is 13.4 Å². The molecule has 2 saturated heterocycles. The first-order chi connectivity index (χ1) is 9.20. The number of carbonyl (C=O) groups is 1. The minimum absolute atomic E-state index is 0.262. The molecule has 0 bridgehead atoms. The van der Waals surface area contributed by atoms with Gasteiger partial charge < -0.3 is 20.3 Å². The van der Waals surface area contributed by atoms with Crippen molar-refractivity contribution in [2.45, 2.75) is 18.9 Å². The van der Waals surface area contributed by atoms with Crippen LogP contribution in [-0.2, 0) is 4.79 Å². The standard InChI is InChI=1S/C12H17N5O2/c1-19-12-10(13)11(14-7-15-12)16-4-5-17-8(6-16)2-3-9(17)18/h7-8H,2-6,13H2,1H3. The Bertz CT molecular complexity index is 507. The van der Waals surface area contributed by atoms with Crippen molar-refractivity contribution in [1.29, 1.82) is 0 Å². The van der Waals surface area contributed by atoms with Gasteiger partial charge in [-0.1, -0.05) is 0 Å². The van der Waals surface area contributed by atoms with E-state index in [9.17, 15) is 4.79 Å². The molecule has 1 unspecified atom stereocenters. The molecule has 0 saturated carbocycles. The number of amides is 1. The van der Waals surface area contributed by atoms with Crippen molar-refractivity contribution in [3.05, 3.63) is 6.33 Å². The van der Waals surface area contributed by atoms with Crippen LogP contribution in [0.3, 0.4) is 0 Å². The maximum absolute atomic E-state index is 11.7. The van der Waals surface area contributed by atoms with Gasteiger partial charge in [0.15, 0.2) is 5.82 Å². The van der Waals surface area contributed by atoms with Crippen LogP contribution in [0.2, 0.25) is 0 Å². The number of nitrogens with two attached hydrogens (primary N) is 1. The van der Waals surface area contributed by atoms with Gasteiger partial charge in [-0.25, -0.2) is 4.98 Å². The number of hydrogen-bond acceptors (Lipinski definition) is 6. The first kappa shape index (κ1) is 12.0. The number of aromatic nitrogens is 2. The van der Waals surface area contributed by atoms with Gasteiger partial charge in [-0.05, 0) is 6.42 Å². The van der Waals surface area contributed by atoms with Crippen LogP contribution in [0.5, 0.6) is 5.88 Å². The Morgan fingerprint density at radius 1 is 1.42 bits per heavy atom. The zero-order chi connectivity index (χ0) is 13.4. The van der Waals surface area contributed by atoms with Crippen molar-refractivity contribution in [2.24, 2.45) is 0 Å². The molecule has 102 valence electrons. The van der Waals surface area contributed by atoms with Crippen LogP contribution in [0, 0.1) is 0 Å². The SMILES string of the molecule is COc1ncnc(N2CCN3C(=O)CCC3C2)c1N. The van der Waals surface area contributed by atoms with Crippen molar-refractivity contribution >= 4 is 17.4 Å². The van der Waals surface area contributed by atoms with Crippen LogP contribution in [0.15, 0.2) is 6.33 Å². The van der Waals surface area contributed by atoms with Gasteiger partial charge in [-0.15, -0.1) is 0 Å². The normalized spacial score (nSPS) is 22.6. The average Bonchev–Trinajstić information content (AvgIpc) is 2.80. The molecule has 0 aliphatic carbocycles. The molecule has 7 heteroatoms. The summed E-state index contributed by atoms with van der Waals surface area (Å²) >= 11 is 0. The molecule has 1 aromatic heterocycles. The average molecular weight is 263 g/mol. The summed E-state index contributed by atoms with van der Waals surface area (Å²) < 4.78 is 5.11. The van der Waals surface area contributed by atoms with Gasteiger partial charge in [0.2, 0.25) is 11.8 Å². The molecular formula is C12H17N5O2. The van der Waals surface area contributed by atoms with Crippen molar-refractivity contribution in [3.8, 4) is 5.88 Å². The van der Waals surface area contributed by atoms with Crippen LogP contribution in [0.4, 0.5) is 11.5 Å². The quantitative estimate of drug-likeness (QED) is 0.800. The Morgan fingerprint density at radius 3 is 3.05 bits per heavy atom. The largest absolute Gasteiger partial charge is 0.479 e. The van der Waals surface area contributed by atoms with Crippen LogP contribution in [-0.4, -0.2) is 53.6 Å². The Morgan fingerprint density at radius 2 is 2.26 bits per heavy atom. The minimum Gasteiger partial charge on any atom is -0.479 e. The summed E-state index contributed by atoms with van der Waals surface area (Å²) in [5, 5.41) is 0. The fourth-order valence-corrected chi connectivity index (χ4v) is 2.84. The third kappa shape index (κ3) is 1.94. The van der Waals surface area contributed by atoms with Crippen molar-refractivity contribution in [3.63, 3.8) is 0 Å². The molecule has 19 heavy (non-hydrogen) atoms. The first-order valence-electron chi connectivity index (χ1n) is 6.39. The zero-order valence-electron chi connectivity index (χ0n) is 10.9. The predicted octanol–water partition coefficient (Wildman–Crippen LogP) is -0.122. The summed E-state index contributed by atoms with van der Waals surface area (Å²) in [6, 6.07) is 0.279. The van der Waals surface area contributed by atoms with E-state index in [-0.39, 0.29) is 11.9 Å². The van der Waals surface area contributed by atoms with E-state index in [1.54, 1.807) is 0 Å². The van der Waals surface area contributed by atoms with E-state index in [1.807, 2.05) is 4.90 Å². The molecule has 1 aromatic rings. The molecule has 0 spiro atoms. The first-order valence-corrected chi connectivity index (χ1v) is 6.39. The highest BCUT2D eigenvalue weighted by Crippen LogP contribution is 2.31. The number of ether oxygens (including phenoxy) is 1. The smallest absolute Gasteiger partial charge is 0.242 e. The minimum atomic E-state index is 0.262. The molecular weight excluding hydrogens is 246 g/mol. The summed E-state index contributed by atoms with van der Waals surface area (Å²) in [6.45, 7) is 2.25. The van der Waals surface area contributed by atoms with E-state index in [2.05, 4.69) is 14.9 Å². The number of hydrogen-bond donors (Lipinski definition) is 1. The molecule has 1 atom stereocenters. The van der Waals surface area contributed by atoms with Crippen molar-refractivity contribution in [2.75, 3.05) is 37.4 Å². The summed E-state index contributed by atoms with van der Waals surface area (Å²) in [6.07, 6.45) is 3.02. The highest BCUT2D eigenvalue weighted by molar-refractivity contribution is 5.79. The molecule has 2 aliphatic rings. The van der Waals surface area contributed by atoms with E-state index in [0.717, 1.165) is 26.1 Å². The van der Waals surface area contributed by atoms with Gasteiger partial charge in [0.05, 0.1) is 7.11 Å². The van der Waals surface area contributed by atoms with E-state index in [0.29, 0.717) is 23.8 Å². The van der Waals surface area contributed by atoms with Gasteiger partial charge >= 0.3 is 0 Å². The number of rotatable bonds is 2. The molecule has 2 fully saturated rings. The summed E-state index contributed by atoms with van der Waals surface area (Å²) in [5.41, 5.74) is 6.48. The van der Waals surface area contributed by atoms with Gasteiger partial charge in [0, 0.05) is 32.1 Å². The fraction of sp³-hybridized carbons (Fsp3) is 0.583. The molecule has 7 nitrogen and oxygen atoms in total. The summed E-state index contributed by atoms with van der Waals surface area (Å²) in [4.78, 5) is 24.0. The number of anilines is 2. The number of piperazine rings is 1. The number of fused-ring (bicyclic) bond motifs is 1. The Kier molecular flexibility index (Phi) is 2.88. The van der Waals surface area contributed by atoms with Crippen molar-refractivity contribution in [1.82, 2.24) is 14.9 Å². The lowest BCUT2D eigenvalue weighted by Gasteiger charge is -2.38. The summed E-state index contributed by atoms with van der Waals surface area (Å²) in [7, 11) is 1.54. The van der Waals surface area contributed by atoms with Gasteiger partial charge in [0.25, 0.3) is 0 Å². The second-order valence-corrected chi connectivity index (χ2v) is 4.85. The zero-order valence-corrected chi connectivity index (χ0v) is 10.9. The number of carbonyl (C=O) groups excluding carboxylic acids is 1. The molecule has 0 aromatic carbocycles. The lowest BCUT2D eigenvalue weighted by Crippen LogP contribution is -2.51. The van der Waals surface area contributed by atoms with E-state index >= 15 is 0 Å². The van der Waals surface area contributed by atoms with Gasteiger partial charge in [-0.2, -0.15) is 4.98 Å². The van der Waals surface area contributed by atoms with Crippen LogP contribution < -0.4 is 15.4 Å². The molecule has 2 aliphatic heterocycles. The highest BCUT2D eigenvalue weighted by atomic mass is 16.5. The Hall–Kier alpha value is -2.05. The second kappa shape index (κ2) is 4.56. The predicted molar refractivity (Wildman–Crippen MR) is 69.9 cm³/mol. The van der Waals surface area contributed by atoms with Crippen LogP contribution in [0.25, 0.3) is 0 Å². The second-order valence-electron chi connectivity index (χ2n) is 4.85. The number of nitrogen functional groups attached to an aromatic ring is 1. The lowest BCUT2D eigenvalue weighted by atomic mass is 10.1. The van der Waals surface area contributed by atoms with Crippen molar-refractivity contribution < 1.29 is 9.53 Å². The highest BCUT2D eigenvalue weighted by Gasteiger charge is 2.36. The lowest BCUT2D eigenvalue weighted by molar-refractivity contribution is -0.129. The van der Waals surface area contributed by atoms with E-state index in [4.69, 9.17) is 10.5 Å². The van der Waals surface area contributed by atoms with Gasteiger partial charge in [0.1, 0.15) is 12.0 Å². The molecule has 0 radical (unpaired) electrons. The Labute approximate surface area is 111 Å². The fourth-order valence-electron chi connectivity index (χ4n) is 2.84. The van der Waals surface area contributed by atoms with E-state index < -0.39 is 0 Å². The Balaban J connectivity index is 1.83. The topological polar surface area (TPSA) is 84.6 Å². The summed E-state index contributed by atoms with van der Waals surface area (Å²) in [5.74, 6) is 1.36. The molecule has 3 rings (SSSR count). The number of methoxy groups -OCH3 is 1. The maximum atomic E-state index is 11.7. The molecule has 1 amide bonds. The van der Waals surface area contributed by atoms with Gasteiger partial charge in [-0.3, -0.25) is 4.79 Å². The number of nitrogens with zero attached hydrogens (tertiary/aromatic N) is 4. The molecule has 3 heterocycles. The maximum Gasteiger partial charge on any atom is 0.242 e. The van der Waals surface area contributed by atoms with Crippen LogP contribution in [0.1, 0.15) is 12.8 Å². The third-order valence-electron chi connectivity index (χ3n) is 3.81. The molecule has 2 N–H and O–H groups in total.